The maximum absolute atomic E-state index is 11.7. The van der Waals surface area contributed by atoms with Crippen LogP contribution in [0.3, 0.4) is 0 Å². The van der Waals surface area contributed by atoms with Crippen LogP contribution in [0.15, 0.2) is 22.8 Å². The summed E-state index contributed by atoms with van der Waals surface area (Å²) < 4.78 is 5.20. The fourth-order valence-electron chi connectivity index (χ4n) is 2.04. The lowest BCUT2D eigenvalue weighted by Crippen LogP contribution is -2.30. The molecule has 0 saturated carbocycles. The Hall–Kier alpha value is -1.29. The predicted molar refractivity (Wildman–Crippen MR) is 72.0 cm³/mol. The Morgan fingerprint density at radius 3 is 2.83 bits per heavy atom. The molecule has 18 heavy (non-hydrogen) atoms. The molecule has 0 bridgehead atoms. The molecule has 1 rings (SSSR count). The summed E-state index contributed by atoms with van der Waals surface area (Å²) in [4.78, 5) is 11.7. The molecule has 0 radical (unpaired) electrons. The molecule has 1 aromatic rings. The van der Waals surface area contributed by atoms with E-state index in [2.05, 4.69) is 19.2 Å². The largest absolute Gasteiger partial charge is 0.469 e. The molecule has 0 fully saturated rings. The second-order valence-electron chi connectivity index (χ2n) is 5.11. The van der Waals surface area contributed by atoms with Gasteiger partial charge < -0.3 is 15.5 Å². The van der Waals surface area contributed by atoms with Gasteiger partial charge in [-0.05, 0) is 36.9 Å². The Morgan fingerprint density at radius 1 is 1.50 bits per heavy atom. The first-order valence-corrected chi connectivity index (χ1v) is 6.61. The monoisotopic (exact) mass is 252 g/mol. The molecule has 1 unspecified atom stereocenters. The number of rotatable bonds is 8. The summed E-state index contributed by atoms with van der Waals surface area (Å²) in [6.45, 7) is 5.49. The molecule has 102 valence electrons. The van der Waals surface area contributed by atoms with Crippen molar-refractivity contribution >= 4 is 5.91 Å². The van der Waals surface area contributed by atoms with E-state index in [1.807, 2.05) is 12.1 Å². The number of hydrogen-bond acceptors (Lipinski definition) is 3. The molecule has 0 saturated heterocycles. The summed E-state index contributed by atoms with van der Waals surface area (Å²) in [6, 6.07) is 3.76. The maximum atomic E-state index is 11.7. The van der Waals surface area contributed by atoms with Gasteiger partial charge in [0.05, 0.1) is 6.26 Å². The summed E-state index contributed by atoms with van der Waals surface area (Å²) in [7, 11) is 0. The van der Waals surface area contributed by atoms with Gasteiger partial charge in [-0.3, -0.25) is 4.79 Å². The van der Waals surface area contributed by atoms with Gasteiger partial charge in [0.15, 0.2) is 0 Å². The standard InChI is InChI=1S/C14H24N2O2/c1-11(2)8-12(10-15)9-14(17)16-6-5-13-4-3-7-18-13/h3-4,7,11-12H,5-6,8-10,15H2,1-2H3,(H,16,17). The Morgan fingerprint density at radius 2 is 2.28 bits per heavy atom. The van der Waals surface area contributed by atoms with Gasteiger partial charge >= 0.3 is 0 Å². The van der Waals surface area contributed by atoms with Crippen molar-refractivity contribution in [2.75, 3.05) is 13.1 Å². The van der Waals surface area contributed by atoms with E-state index in [0.29, 0.717) is 25.4 Å². The molecule has 0 spiro atoms. The van der Waals surface area contributed by atoms with E-state index in [1.54, 1.807) is 6.26 Å². The second-order valence-corrected chi connectivity index (χ2v) is 5.11. The zero-order valence-corrected chi connectivity index (χ0v) is 11.3. The van der Waals surface area contributed by atoms with Crippen molar-refractivity contribution in [1.82, 2.24) is 5.32 Å². The molecule has 0 aromatic carbocycles. The highest BCUT2D eigenvalue weighted by molar-refractivity contribution is 5.76. The zero-order valence-electron chi connectivity index (χ0n) is 11.3. The highest BCUT2D eigenvalue weighted by Gasteiger charge is 2.13. The van der Waals surface area contributed by atoms with Gasteiger partial charge in [0, 0.05) is 19.4 Å². The van der Waals surface area contributed by atoms with Crippen LogP contribution in [0.5, 0.6) is 0 Å². The van der Waals surface area contributed by atoms with Crippen LogP contribution in [0.25, 0.3) is 0 Å². The molecule has 1 amide bonds. The van der Waals surface area contributed by atoms with E-state index < -0.39 is 0 Å². The van der Waals surface area contributed by atoms with Gasteiger partial charge in [-0.1, -0.05) is 13.8 Å². The lowest BCUT2D eigenvalue weighted by atomic mass is 9.94. The molecule has 3 N–H and O–H groups in total. The van der Waals surface area contributed by atoms with Crippen molar-refractivity contribution in [1.29, 1.82) is 0 Å². The molecule has 1 heterocycles. The van der Waals surface area contributed by atoms with Crippen LogP contribution in [0, 0.1) is 11.8 Å². The number of hydrogen-bond donors (Lipinski definition) is 2. The van der Waals surface area contributed by atoms with Crippen LogP contribution in [0.4, 0.5) is 0 Å². The Bertz CT molecular complexity index is 334. The number of furan rings is 1. The van der Waals surface area contributed by atoms with Crippen molar-refractivity contribution in [3.05, 3.63) is 24.2 Å². The molecule has 1 aromatic heterocycles. The average Bonchev–Trinajstić information content (AvgIpc) is 2.80. The van der Waals surface area contributed by atoms with Crippen molar-refractivity contribution < 1.29 is 9.21 Å². The van der Waals surface area contributed by atoms with Crippen molar-refractivity contribution in [3.63, 3.8) is 0 Å². The Balaban J connectivity index is 2.19. The second kappa shape index (κ2) is 7.93. The third-order valence-electron chi connectivity index (χ3n) is 2.89. The van der Waals surface area contributed by atoms with Crippen LogP contribution in [0.2, 0.25) is 0 Å². The molecule has 0 aliphatic heterocycles. The quantitative estimate of drug-likeness (QED) is 0.743. The fraction of sp³-hybridized carbons (Fsp3) is 0.643. The smallest absolute Gasteiger partial charge is 0.220 e. The molecule has 4 heteroatoms. The SMILES string of the molecule is CC(C)CC(CN)CC(=O)NCCc1ccco1. The van der Waals surface area contributed by atoms with Crippen LogP contribution in [-0.2, 0) is 11.2 Å². The lowest BCUT2D eigenvalue weighted by molar-refractivity contribution is -0.122. The van der Waals surface area contributed by atoms with Crippen LogP contribution >= 0.6 is 0 Å². The van der Waals surface area contributed by atoms with Crippen LogP contribution in [0.1, 0.15) is 32.4 Å². The van der Waals surface area contributed by atoms with E-state index in [9.17, 15) is 4.79 Å². The average molecular weight is 252 g/mol. The van der Waals surface area contributed by atoms with E-state index >= 15 is 0 Å². The predicted octanol–water partition coefficient (Wildman–Crippen LogP) is 1.95. The van der Waals surface area contributed by atoms with Crippen molar-refractivity contribution in [3.8, 4) is 0 Å². The van der Waals surface area contributed by atoms with Crippen LogP contribution < -0.4 is 11.1 Å². The zero-order chi connectivity index (χ0) is 13.4. The van der Waals surface area contributed by atoms with Gasteiger partial charge in [0.2, 0.25) is 5.91 Å². The summed E-state index contributed by atoms with van der Waals surface area (Å²) in [5, 5.41) is 2.90. The topological polar surface area (TPSA) is 68.3 Å². The van der Waals surface area contributed by atoms with Gasteiger partial charge in [0.25, 0.3) is 0 Å². The third-order valence-corrected chi connectivity index (χ3v) is 2.89. The van der Waals surface area contributed by atoms with Gasteiger partial charge in [0.1, 0.15) is 5.76 Å². The third kappa shape index (κ3) is 5.87. The lowest BCUT2D eigenvalue weighted by Gasteiger charge is -2.16. The van der Waals surface area contributed by atoms with Crippen molar-refractivity contribution in [2.24, 2.45) is 17.6 Å². The van der Waals surface area contributed by atoms with Gasteiger partial charge in [-0.2, -0.15) is 0 Å². The molecule has 4 nitrogen and oxygen atoms in total. The fourth-order valence-corrected chi connectivity index (χ4v) is 2.04. The van der Waals surface area contributed by atoms with Crippen molar-refractivity contribution in [2.45, 2.75) is 33.1 Å². The minimum atomic E-state index is 0.0812. The van der Waals surface area contributed by atoms with Crippen LogP contribution in [-0.4, -0.2) is 19.0 Å². The molecule has 0 aliphatic rings. The normalized spacial score (nSPS) is 12.7. The Labute approximate surface area is 109 Å². The first kappa shape index (κ1) is 14.8. The summed E-state index contributed by atoms with van der Waals surface area (Å²) in [5.41, 5.74) is 5.68. The van der Waals surface area contributed by atoms with E-state index in [4.69, 9.17) is 10.2 Å². The first-order chi connectivity index (χ1) is 8.61. The molecule has 0 aliphatic carbocycles. The molecular weight excluding hydrogens is 228 g/mol. The number of carbonyl (C=O) groups is 1. The molecule has 1 atom stereocenters. The summed E-state index contributed by atoms with van der Waals surface area (Å²) in [5.74, 6) is 1.84. The highest BCUT2D eigenvalue weighted by atomic mass is 16.3. The summed E-state index contributed by atoms with van der Waals surface area (Å²) in [6.07, 6.45) is 3.90. The summed E-state index contributed by atoms with van der Waals surface area (Å²) >= 11 is 0. The highest BCUT2D eigenvalue weighted by Crippen LogP contribution is 2.13. The van der Waals surface area contributed by atoms with E-state index in [1.165, 1.54) is 0 Å². The van der Waals surface area contributed by atoms with Gasteiger partial charge in [-0.25, -0.2) is 0 Å². The minimum absolute atomic E-state index is 0.0812. The Kier molecular flexibility index (Phi) is 6.50. The number of carbonyl (C=O) groups excluding carboxylic acids is 1. The van der Waals surface area contributed by atoms with E-state index in [-0.39, 0.29) is 11.8 Å². The number of nitrogens with one attached hydrogen (secondary N) is 1. The minimum Gasteiger partial charge on any atom is -0.469 e. The maximum Gasteiger partial charge on any atom is 0.220 e. The first-order valence-electron chi connectivity index (χ1n) is 6.61. The number of amides is 1. The van der Waals surface area contributed by atoms with E-state index in [0.717, 1.165) is 18.6 Å². The van der Waals surface area contributed by atoms with Gasteiger partial charge in [-0.15, -0.1) is 0 Å². The number of nitrogens with two attached hydrogens (primary N) is 1. The molecular formula is C14H24N2O2.